The summed E-state index contributed by atoms with van der Waals surface area (Å²) in [6.07, 6.45) is 9.98. The summed E-state index contributed by atoms with van der Waals surface area (Å²) in [5, 5.41) is 25.0. The van der Waals surface area contributed by atoms with Crippen LogP contribution in [0.3, 0.4) is 0 Å². The number of fused-ring (bicyclic) bond motifs is 2. The second kappa shape index (κ2) is 7.77. The molecular weight excluding hydrogens is 357 g/mol. The molecule has 160 valence electrons. The highest BCUT2D eigenvalue weighted by atomic mass is 19.1. The van der Waals surface area contributed by atoms with E-state index in [-0.39, 0.29) is 5.41 Å². The summed E-state index contributed by atoms with van der Waals surface area (Å²) < 4.78 is 13.5. The zero-order valence-electron chi connectivity index (χ0n) is 17.1. The van der Waals surface area contributed by atoms with Gasteiger partial charge in [-0.1, -0.05) is 0 Å². The number of rotatable bonds is 3. The Kier molecular flexibility index (Phi) is 5.46. The Morgan fingerprint density at radius 1 is 0.964 bits per heavy atom. The monoisotopic (exact) mass is 395 g/mol. The van der Waals surface area contributed by atoms with Gasteiger partial charge in [0.25, 0.3) is 0 Å². The average Bonchev–Trinajstić information content (AvgIpc) is 3.17. The van der Waals surface area contributed by atoms with Crippen LogP contribution >= 0.6 is 0 Å². The molecule has 3 N–H and O–H groups in total. The summed E-state index contributed by atoms with van der Waals surface area (Å²) in [6.45, 7) is 2.60. The van der Waals surface area contributed by atoms with E-state index in [0.717, 1.165) is 70.5 Å². The van der Waals surface area contributed by atoms with Crippen LogP contribution in [0.2, 0.25) is 0 Å². The Balaban J connectivity index is 1.23. The molecule has 0 amide bonds. The maximum atomic E-state index is 13.5. The Morgan fingerprint density at radius 3 is 2.32 bits per heavy atom. The van der Waals surface area contributed by atoms with Crippen molar-refractivity contribution in [2.75, 3.05) is 19.6 Å². The zero-order valence-corrected chi connectivity index (χ0v) is 17.1. The molecule has 4 saturated heterocycles. The van der Waals surface area contributed by atoms with Crippen LogP contribution in [0.1, 0.15) is 70.6 Å². The van der Waals surface area contributed by atoms with Crippen molar-refractivity contribution >= 4 is 0 Å². The molecule has 1 aliphatic carbocycles. The zero-order chi connectivity index (χ0) is 19.3. The SMILES string of the molecule is OC(N1CCCC2(CCNC2O)C1)N1C2CCC1CC(C1CCC(F)CC1)C2. The maximum Gasteiger partial charge on any atom is 0.166 e. The summed E-state index contributed by atoms with van der Waals surface area (Å²) in [6, 6.07) is 0.956. The maximum absolute atomic E-state index is 13.5. The predicted octanol–water partition coefficient (Wildman–Crippen LogP) is 2.43. The van der Waals surface area contributed by atoms with E-state index >= 15 is 0 Å². The van der Waals surface area contributed by atoms with Crippen LogP contribution in [0.15, 0.2) is 0 Å². The van der Waals surface area contributed by atoms with Crippen LogP contribution in [-0.2, 0) is 0 Å². The van der Waals surface area contributed by atoms with E-state index in [9.17, 15) is 14.6 Å². The molecule has 6 heteroatoms. The fraction of sp³-hybridized carbons (Fsp3) is 1.00. The van der Waals surface area contributed by atoms with Gasteiger partial charge in [0.15, 0.2) is 6.35 Å². The lowest BCUT2D eigenvalue weighted by atomic mass is 9.73. The van der Waals surface area contributed by atoms with E-state index in [0.29, 0.717) is 18.0 Å². The first-order valence-corrected chi connectivity index (χ1v) is 11.8. The highest BCUT2D eigenvalue weighted by Gasteiger charge is 2.50. The van der Waals surface area contributed by atoms with Crippen molar-refractivity contribution in [3.05, 3.63) is 0 Å². The lowest BCUT2D eigenvalue weighted by molar-refractivity contribution is -0.175. The first-order valence-electron chi connectivity index (χ1n) is 11.8. The van der Waals surface area contributed by atoms with Gasteiger partial charge in [0.1, 0.15) is 12.4 Å². The number of alkyl halides is 1. The Morgan fingerprint density at radius 2 is 1.68 bits per heavy atom. The third kappa shape index (κ3) is 3.43. The topological polar surface area (TPSA) is 59.0 Å². The Bertz CT molecular complexity index is 544. The van der Waals surface area contributed by atoms with Crippen molar-refractivity contribution in [1.29, 1.82) is 0 Å². The van der Waals surface area contributed by atoms with Crippen LogP contribution in [-0.4, -0.2) is 70.5 Å². The third-order valence-electron chi connectivity index (χ3n) is 8.97. The summed E-state index contributed by atoms with van der Waals surface area (Å²) in [7, 11) is 0. The molecule has 1 saturated carbocycles. The molecule has 5 rings (SSSR count). The minimum Gasteiger partial charge on any atom is -0.378 e. The quantitative estimate of drug-likeness (QED) is 0.685. The van der Waals surface area contributed by atoms with Crippen LogP contribution in [0.5, 0.6) is 0 Å². The number of hydrogen-bond acceptors (Lipinski definition) is 5. The smallest absolute Gasteiger partial charge is 0.166 e. The lowest BCUT2D eigenvalue weighted by Crippen LogP contribution is -2.60. The molecule has 2 bridgehead atoms. The fourth-order valence-corrected chi connectivity index (χ4v) is 7.39. The van der Waals surface area contributed by atoms with Gasteiger partial charge in [-0.05, 0) is 89.0 Å². The number of nitrogens with one attached hydrogen (secondary N) is 1. The Hall–Kier alpha value is -0.270. The van der Waals surface area contributed by atoms with Crippen molar-refractivity contribution < 1.29 is 14.6 Å². The molecule has 28 heavy (non-hydrogen) atoms. The molecule has 0 aromatic carbocycles. The molecule has 5 aliphatic rings. The van der Waals surface area contributed by atoms with E-state index in [4.69, 9.17) is 0 Å². The number of piperidine rings is 2. The average molecular weight is 396 g/mol. The van der Waals surface area contributed by atoms with Crippen molar-refractivity contribution in [3.8, 4) is 0 Å². The van der Waals surface area contributed by atoms with Crippen molar-refractivity contribution in [2.24, 2.45) is 17.3 Å². The highest BCUT2D eigenvalue weighted by Crippen LogP contribution is 2.47. The molecule has 0 aromatic rings. The lowest BCUT2D eigenvalue weighted by Gasteiger charge is -2.50. The first kappa shape index (κ1) is 19.7. The molecule has 0 radical (unpaired) electrons. The minimum absolute atomic E-state index is 0.0817. The largest absolute Gasteiger partial charge is 0.378 e. The van der Waals surface area contributed by atoms with E-state index in [1.165, 1.54) is 25.7 Å². The molecular formula is C22H38FN3O2. The van der Waals surface area contributed by atoms with Gasteiger partial charge in [-0.3, -0.25) is 15.1 Å². The molecule has 4 aliphatic heterocycles. The standard InChI is InChI=1S/C22H38FN3O2/c23-17-4-2-15(3-5-17)16-12-18-6-7-19(13-16)26(18)21(28)25-11-1-8-22(14-25)9-10-24-20(22)27/h15-21,24,27-28H,1-14H2. The fourth-order valence-electron chi connectivity index (χ4n) is 7.39. The summed E-state index contributed by atoms with van der Waals surface area (Å²) in [5.74, 6) is 1.43. The molecule has 5 nitrogen and oxygen atoms in total. The number of nitrogens with zero attached hydrogens (tertiary/aromatic N) is 2. The number of hydrogen-bond donors (Lipinski definition) is 3. The summed E-state index contributed by atoms with van der Waals surface area (Å²) in [5.41, 5.74) is -0.0817. The molecule has 5 atom stereocenters. The van der Waals surface area contributed by atoms with Crippen molar-refractivity contribution in [2.45, 2.75) is 101 Å². The van der Waals surface area contributed by atoms with Gasteiger partial charge in [-0.15, -0.1) is 0 Å². The number of aliphatic hydroxyl groups excluding tert-OH is 2. The van der Waals surface area contributed by atoms with E-state index in [2.05, 4.69) is 15.1 Å². The van der Waals surface area contributed by atoms with Gasteiger partial charge in [-0.25, -0.2) is 4.39 Å². The normalized spacial score (nSPS) is 49.0. The second-order valence-electron chi connectivity index (χ2n) is 10.5. The number of halogens is 1. The molecule has 1 spiro atoms. The first-order chi connectivity index (χ1) is 13.6. The summed E-state index contributed by atoms with van der Waals surface area (Å²) >= 11 is 0. The number of aliphatic hydroxyl groups is 2. The van der Waals surface area contributed by atoms with Gasteiger partial charge in [0.2, 0.25) is 0 Å². The van der Waals surface area contributed by atoms with E-state index < -0.39 is 18.8 Å². The van der Waals surface area contributed by atoms with Crippen LogP contribution in [0.4, 0.5) is 4.39 Å². The van der Waals surface area contributed by atoms with Gasteiger partial charge in [-0.2, -0.15) is 0 Å². The van der Waals surface area contributed by atoms with Crippen LogP contribution < -0.4 is 5.32 Å². The Labute approximate surface area is 168 Å². The highest BCUT2D eigenvalue weighted by molar-refractivity contribution is 5.01. The van der Waals surface area contributed by atoms with Crippen molar-refractivity contribution in [1.82, 2.24) is 15.1 Å². The summed E-state index contributed by atoms with van der Waals surface area (Å²) in [4.78, 5) is 4.64. The third-order valence-corrected chi connectivity index (χ3v) is 8.97. The molecule has 5 fully saturated rings. The van der Waals surface area contributed by atoms with Gasteiger partial charge in [0, 0.05) is 30.6 Å². The predicted molar refractivity (Wildman–Crippen MR) is 106 cm³/mol. The molecule has 0 aromatic heterocycles. The van der Waals surface area contributed by atoms with Gasteiger partial charge >= 0.3 is 0 Å². The van der Waals surface area contributed by atoms with E-state index in [1.54, 1.807) is 0 Å². The van der Waals surface area contributed by atoms with Crippen LogP contribution in [0.25, 0.3) is 0 Å². The van der Waals surface area contributed by atoms with Crippen LogP contribution in [0, 0.1) is 17.3 Å². The van der Waals surface area contributed by atoms with Crippen molar-refractivity contribution in [3.63, 3.8) is 0 Å². The minimum atomic E-state index is -0.568. The van der Waals surface area contributed by atoms with Gasteiger partial charge < -0.3 is 10.2 Å². The number of likely N-dealkylation sites (tertiary alicyclic amines) is 1. The van der Waals surface area contributed by atoms with Gasteiger partial charge in [0.05, 0.1) is 0 Å². The molecule has 4 heterocycles. The second-order valence-corrected chi connectivity index (χ2v) is 10.5. The molecule has 5 unspecified atom stereocenters. The van der Waals surface area contributed by atoms with E-state index in [1.807, 2.05) is 0 Å².